The lowest BCUT2D eigenvalue weighted by Gasteiger charge is -2.21. The summed E-state index contributed by atoms with van der Waals surface area (Å²) in [7, 11) is 1.72. The van der Waals surface area contributed by atoms with Crippen molar-refractivity contribution in [2.75, 3.05) is 13.7 Å². The maximum Gasteiger partial charge on any atom is 0.123 e. The van der Waals surface area contributed by atoms with Gasteiger partial charge in [-0.2, -0.15) is 0 Å². The zero-order valence-electron chi connectivity index (χ0n) is 13.0. The van der Waals surface area contributed by atoms with Crippen molar-refractivity contribution in [1.29, 1.82) is 0 Å². The maximum atomic E-state index is 6.14. The average Bonchev–Trinajstić information content (AvgIpc) is 2.46. The van der Waals surface area contributed by atoms with Crippen LogP contribution in [0.5, 0.6) is 5.75 Å². The molecule has 3 heteroatoms. The molecule has 1 atom stereocenters. The Morgan fingerprint density at radius 3 is 2.55 bits per heavy atom. The molecule has 20 heavy (non-hydrogen) atoms. The van der Waals surface area contributed by atoms with E-state index in [1.165, 1.54) is 37.7 Å². The molecule has 0 aliphatic rings. The normalized spacial score (nSPS) is 12.4. The van der Waals surface area contributed by atoms with Gasteiger partial charge in [0.15, 0.2) is 0 Å². The van der Waals surface area contributed by atoms with Gasteiger partial charge in [-0.15, -0.1) is 0 Å². The van der Waals surface area contributed by atoms with E-state index in [1.54, 1.807) is 7.11 Å². The molecule has 0 spiro atoms. The highest BCUT2D eigenvalue weighted by molar-refractivity contribution is 6.30. The Hall–Kier alpha value is -0.730. The van der Waals surface area contributed by atoms with E-state index in [0.29, 0.717) is 6.04 Å². The fourth-order valence-corrected chi connectivity index (χ4v) is 2.72. The Labute approximate surface area is 128 Å². The van der Waals surface area contributed by atoms with Crippen LogP contribution in [0.3, 0.4) is 0 Å². The van der Waals surface area contributed by atoms with Crippen molar-refractivity contribution < 1.29 is 4.74 Å². The van der Waals surface area contributed by atoms with E-state index in [1.807, 2.05) is 18.2 Å². The van der Waals surface area contributed by atoms with Crippen LogP contribution in [-0.2, 0) is 0 Å². The maximum absolute atomic E-state index is 6.14. The van der Waals surface area contributed by atoms with Crippen LogP contribution in [0.1, 0.15) is 64.0 Å². The summed E-state index contributed by atoms with van der Waals surface area (Å²) < 4.78 is 5.47. The fourth-order valence-electron chi connectivity index (χ4n) is 2.54. The van der Waals surface area contributed by atoms with Gasteiger partial charge in [-0.25, -0.2) is 0 Å². The molecule has 0 bridgehead atoms. The minimum Gasteiger partial charge on any atom is -0.496 e. The highest BCUT2D eigenvalue weighted by atomic mass is 35.5. The summed E-state index contributed by atoms with van der Waals surface area (Å²) in [5, 5.41) is 4.33. The van der Waals surface area contributed by atoms with E-state index in [0.717, 1.165) is 23.7 Å². The lowest BCUT2D eigenvalue weighted by atomic mass is 9.98. The SMILES string of the molecule is CCCCCCCC(NCC)c1cc(Cl)ccc1OC. The molecule has 0 radical (unpaired) electrons. The third-order valence-electron chi connectivity index (χ3n) is 3.61. The minimum atomic E-state index is 0.329. The van der Waals surface area contributed by atoms with Gasteiger partial charge in [0.05, 0.1) is 7.11 Å². The molecule has 0 amide bonds. The van der Waals surface area contributed by atoms with Crippen LogP contribution in [0.15, 0.2) is 18.2 Å². The molecule has 1 rings (SSSR count). The zero-order valence-corrected chi connectivity index (χ0v) is 13.8. The highest BCUT2D eigenvalue weighted by Gasteiger charge is 2.15. The molecule has 1 unspecified atom stereocenters. The van der Waals surface area contributed by atoms with E-state index in [2.05, 4.69) is 19.2 Å². The van der Waals surface area contributed by atoms with Crippen molar-refractivity contribution in [3.63, 3.8) is 0 Å². The quantitative estimate of drug-likeness (QED) is 0.587. The Kier molecular flexibility index (Phi) is 8.72. The lowest BCUT2D eigenvalue weighted by Crippen LogP contribution is -2.21. The van der Waals surface area contributed by atoms with Gasteiger partial charge in [0.25, 0.3) is 0 Å². The molecule has 0 saturated heterocycles. The molecule has 1 N–H and O–H groups in total. The second-order valence-corrected chi connectivity index (χ2v) is 5.64. The van der Waals surface area contributed by atoms with Gasteiger partial charge in [-0.1, -0.05) is 57.6 Å². The molecule has 0 fully saturated rings. The van der Waals surface area contributed by atoms with Crippen molar-refractivity contribution in [2.45, 2.75) is 58.4 Å². The second kappa shape index (κ2) is 10.1. The Bertz CT molecular complexity index is 381. The third kappa shape index (κ3) is 5.72. The third-order valence-corrected chi connectivity index (χ3v) is 3.85. The lowest BCUT2D eigenvalue weighted by molar-refractivity contribution is 0.393. The van der Waals surface area contributed by atoms with Crippen LogP contribution in [0.2, 0.25) is 5.02 Å². The van der Waals surface area contributed by atoms with Gasteiger partial charge < -0.3 is 10.1 Å². The summed E-state index contributed by atoms with van der Waals surface area (Å²) in [4.78, 5) is 0. The summed E-state index contributed by atoms with van der Waals surface area (Å²) in [6.45, 7) is 5.34. The number of methoxy groups -OCH3 is 1. The van der Waals surface area contributed by atoms with Crippen LogP contribution in [0, 0.1) is 0 Å². The monoisotopic (exact) mass is 297 g/mol. The minimum absolute atomic E-state index is 0.329. The van der Waals surface area contributed by atoms with Crippen LogP contribution in [0.25, 0.3) is 0 Å². The molecular weight excluding hydrogens is 270 g/mol. The van der Waals surface area contributed by atoms with Crippen molar-refractivity contribution in [3.8, 4) is 5.75 Å². The molecule has 2 nitrogen and oxygen atoms in total. The van der Waals surface area contributed by atoms with Crippen molar-refractivity contribution in [2.24, 2.45) is 0 Å². The molecular formula is C17H28ClNO. The number of unbranched alkanes of at least 4 members (excludes halogenated alkanes) is 4. The zero-order chi connectivity index (χ0) is 14.8. The molecule has 1 aromatic rings. The number of ether oxygens (including phenoxy) is 1. The number of hydrogen-bond acceptors (Lipinski definition) is 2. The van der Waals surface area contributed by atoms with Crippen LogP contribution < -0.4 is 10.1 Å². The first-order chi connectivity index (χ1) is 9.72. The van der Waals surface area contributed by atoms with E-state index >= 15 is 0 Å². The molecule has 0 aromatic heterocycles. The number of rotatable bonds is 10. The summed E-state index contributed by atoms with van der Waals surface area (Å²) in [5.74, 6) is 0.925. The smallest absolute Gasteiger partial charge is 0.123 e. The summed E-state index contributed by atoms with van der Waals surface area (Å²) in [5.41, 5.74) is 1.18. The average molecular weight is 298 g/mol. The highest BCUT2D eigenvalue weighted by Crippen LogP contribution is 2.31. The van der Waals surface area contributed by atoms with Crippen LogP contribution >= 0.6 is 11.6 Å². The molecule has 1 aromatic carbocycles. The number of benzene rings is 1. The van der Waals surface area contributed by atoms with E-state index in [9.17, 15) is 0 Å². The van der Waals surface area contributed by atoms with Gasteiger partial charge in [0.2, 0.25) is 0 Å². The van der Waals surface area contributed by atoms with Gasteiger partial charge in [-0.05, 0) is 31.2 Å². The Morgan fingerprint density at radius 1 is 1.15 bits per heavy atom. The first kappa shape index (κ1) is 17.3. The van der Waals surface area contributed by atoms with E-state index < -0.39 is 0 Å². The van der Waals surface area contributed by atoms with Crippen LogP contribution in [-0.4, -0.2) is 13.7 Å². The number of nitrogens with one attached hydrogen (secondary N) is 1. The first-order valence-electron chi connectivity index (χ1n) is 7.79. The predicted octanol–water partition coefficient (Wildman–Crippen LogP) is 5.36. The fraction of sp³-hybridized carbons (Fsp3) is 0.647. The van der Waals surface area contributed by atoms with Crippen molar-refractivity contribution >= 4 is 11.6 Å². The Balaban J connectivity index is 2.67. The molecule has 0 saturated carbocycles. The van der Waals surface area contributed by atoms with E-state index in [4.69, 9.17) is 16.3 Å². The van der Waals surface area contributed by atoms with E-state index in [-0.39, 0.29) is 0 Å². The van der Waals surface area contributed by atoms with Crippen molar-refractivity contribution in [1.82, 2.24) is 5.32 Å². The Morgan fingerprint density at radius 2 is 1.90 bits per heavy atom. The topological polar surface area (TPSA) is 21.3 Å². The molecule has 0 heterocycles. The van der Waals surface area contributed by atoms with Gasteiger partial charge in [0.1, 0.15) is 5.75 Å². The largest absolute Gasteiger partial charge is 0.496 e. The van der Waals surface area contributed by atoms with Gasteiger partial charge in [0, 0.05) is 16.6 Å². The summed E-state index contributed by atoms with van der Waals surface area (Å²) in [6.07, 6.45) is 7.65. The first-order valence-corrected chi connectivity index (χ1v) is 8.17. The number of halogens is 1. The van der Waals surface area contributed by atoms with Gasteiger partial charge >= 0.3 is 0 Å². The van der Waals surface area contributed by atoms with Gasteiger partial charge in [-0.3, -0.25) is 0 Å². The summed E-state index contributed by atoms with van der Waals surface area (Å²) in [6, 6.07) is 6.20. The standard InChI is InChI=1S/C17H28ClNO/c1-4-6-7-8-9-10-16(19-5-2)15-13-14(18)11-12-17(15)20-3/h11-13,16,19H,4-10H2,1-3H3. The van der Waals surface area contributed by atoms with Crippen molar-refractivity contribution in [3.05, 3.63) is 28.8 Å². The predicted molar refractivity (Wildman–Crippen MR) is 87.8 cm³/mol. The second-order valence-electron chi connectivity index (χ2n) is 5.20. The summed E-state index contributed by atoms with van der Waals surface area (Å²) >= 11 is 6.14. The molecule has 0 aliphatic carbocycles. The molecule has 114 valence electrons. The molecule has 0 aliphatic heterocycles. The number of hydrogen-bond donors (Lipinski definition) is 1. The van der Waals surface area contributed by atoms with Crippen LogP contribution in [0.4, 0.5) is 0 Å².